The molecule has 0 saturated carbocycles. The van der Waals surface area contributed by atoms with Crippen LogP contribution >= 0.6 is 0 Å². The minimum Gasteiger partial charge on any atom is -0.462 e. The van der Waals surface area contributed by atoms with E-state index in [1.54, 1.807) is 0 Å². The first-order chi connectivity index (χ1) is 22.6. The van der Waals surface area contributed by atoms with Gasteiger partial charge < -0.3 is 14.6 Å². The average molecular weight is 645 g/mol. The molecule has 0 rings (SSSR count). The molecule has 5 heteroatoms. The smallest absolute Gasteiger partial charge is 0.306 e. The van der Waals surface area contributed by atoms with Crippen LogP contribution in [0.15, 0.2) is 48.6 Å². The molecule has 0 aliphatic carbocycles. The highest BCUT2D eigenvalue weighted by molar-refractivity contribution is 5.70. The Hall–Kier alpha value is -2.14. The molecule has 0 fully saturated rings. The lowest BCUT2D eigenvalue weighted by molar-refractivity contribution is -0.161. The van der Waals surface area contributed by atoms with Crippen molar-refractivity contribution >= 4 is 11.9 Å². The van der Waals surface area contributed by atoms with Crippen molar-refractivity contribution in [2.24, 2.45) is 0 Å². The monoisotopic (exact) mass is 645 g/mol. The molecule has 0 aliphatic heterocycles. The first-order valence-corrected chi connectivity index (χ1v) is 19.2. The molecule has 0 bridgehead atoms. The Bertz CT molecular complexity index is 782. The van der Waals surface area contributed by atoms with Crippen molar-refractivity contribution in [3.8, 4) is 0 Å². The van der Waals surface area contributed by atoms with Crippen molar-refractivity contribution in [3.05, 3.63) is 48.6 Å². The predicted molar refractivity (Wildman–Crippen MR) is 196 cm³/mol. The predicted octanol–water partition coefficient (Wildman–Crippen LogP) is 11.8. The lowest BCUT2D eigenvalue weighted by atomic mass is 10.1. The van der Waals surface area contributed by atoms with Crippen LogP contribution in [0.4, 0.5) is 0 Å². The van der Waals surface area contributed by atoms with Crippen molar-refractivity contribution < 1.29 is 24.2 Å². The minimum absolute atomic E-state index is 0.0778. The third-order valence-corrected chi connectivity index (χ3v) is 8.10. The van der Waals surface area contributed by atoms with Gasteiger partial charge in [0.2, 0.25) is 0 Å². The van der Waals surface area contributed by atoms with Crippen LogP contribution in [-0.4, -0.2) is 36.4 Å². The van der Waals surface area contributed by atoms with Gasteiger partial charge in [-0.3, -0.25) is 9.59 Å². The molecule has 0 radical (unpaired) electrons. The zero-order chi connectivity index (χ0) is 33.6. The standard InChI is InChI=1S/C41H72O5/c1-3-5-7-9-11-13-15-17-19-20-22-24-26-28-30-32-34-36-41(44)46-39(37-42)38-45-40(43)35-33-31-29-27-25-23-21-18-16-14-12-10-8-6-4-2/h11,13-14,16-17,19,22,24,39,42H,3-10,12,15,18,20-21,23,25-38H2,1-2H3. The maximum atomic E-state index is 12.1. The summed E-state index contributed by atoms with van der Waals surface area (Å²) in [4.78, 5) is 24.2. The van der Waals surface area contributed by atoms with E-state index in [0.29, 0.717) is 12.8 Å². The summed E-state index contributed by atoms with van der Waals surface area (Å²) < 4.78 is 10.6. The Kier molecular flexibility index (Phi) is 35.6. The first-order valence-electron chi connectivity index (χ1n) is 19.2. The van der Waals surface area contributed by atoms with Crippen LogP contribution in [0.5, 0.6) is 0 Å². The van der Waals surface area contributed by atoms with Gasteiger partial charge in [-0.15, -0.1) is 0 Å². The number of esters is 2. The molecule has 5 nitrogen and oxygen atoms in total. The van der Waals surface area contributed by atoms with E-state index >= 15 is 0 Å². The highest BCUT2D eigenvalue weighted by Crippen LogP contribution is 2.12. The van der Waals surface area contributed by atoms with Crippen molar-refractivity contribution in [2.45, 2.75) is 187 Å². The zero-order valence-corrected chi connectivity index (χ0v) is 30.1. The number of carbonyl (C=O) groups excluding carboxylic acids is 2. The highest BCUT2D eigenvalue weighted by atomic mass is 16.6. The Morgan fingerprint density at radius 2 is 0.870 bits per heavy atom. The maximum absolute atomic E-state index is 12.1. The number of hydrogen-bond acceptors (Lipinski definition) is 5. The SMILES string of the molecule is CCCCCC=CCC=CCC=CCCCCCCC(=O)OC(CO)COC(=O)CCCCCCCCCC=CCCCCCC. The minimum atomic E-state index is -0.784. The molecule has 46 heavy (non-hydrogen) atoms. The van der Waals surface area contributed by atoms with Crippen LogP contribution in [0, 0.1) is 0 Å². The molecule has 0 heterocycles. The van der Waals surface area contributed by atoms with Crippen LogP contribution in [0.25, 0.3) is 0 Å². The van der Waals surface area contributed by atoms with E-state index in [1.807, 2.05) is 0 Å². The molecular formula is C41H72O5. The van der Waals surface area contributed by atoms with E-state index < -0.39 is 6.10 Å². The van der Waals surface area contributed by atoms with Gasteiger partial charge in [0.05, 0.1) is 6.61 Å². The van der Waals surface area contributed by atoms with E-state index in [4.69, 9.17) is 9.47 Å². The number of hydrogen-bond donors (Lipinski definition) is 1. The second-order valence-corrected chi connectivity index (χ2v) is 12.6. The summed E-state index contributed by atoms with van der Waals surface area (Å²) >= 11 is 0. The van der Waals surface area contributed by atoms with E-state index in [1.165, 1.54) is 89.9 Å². The second kappa shape index (κ2) is 37.3. The van der Waals surface area contributed by atoms with Crippen molar-refractivity contribution in [3.63, 3.8) is 0 Å². The quantitative estimate of drug-likeness (QED) is 0.0429. The lowest BCUT2D eigenvalue weighted by Gasteiger charge is -2.15. The molecule has 1 atom stereocenters. The van der Waals surface area contributed by atoms with E-state index in [9.17, 15) is 14.7 Å². The number of ether oxygens (including phenoxy) is 2. The van der Waals surface area contributed by atoms with Gasteiger partial charge in [0.25, 0.3) is 0 Å². The summed E-state index contributed by atoms with van der Waals surface area (Å²) in [6.07, 6.45) is 45.9. The maximum Gasteiger partial charge on any atom is 0.306 e. The number of unbranched alkanes of at least 4 members (excludes halogenated alkanes) is 18. The molecule has 0 aromatic carbocycles. The normalized spacial score (nSPS) is 12.7. The molecule has 0 aromatic heterocycles. The summed E-state index contributed by atoms with van der Waals surface area (Å²) in [6.45, 7) is 4.07. The lowest BCUT2D eigenvalue weighted by Crippen LogP contribution is -2.28. The van der Waals surface area contributed by atoms with Crippen molar-refractivity contribution in [1.82, 2.24) is 0 Å². The van der Waals surface area contributed by atoms with Gasteiger partial charge in [-0.25, -0.2) is 0 Å². The Morgan fingerprint density at radius 3 is 1.37 bits per heavy atom. The van der Waals surface area contributed by atoms with Crippen LogP contribution in [0.3, 0.4) is 0 Å². The summed E-state index contributed by atoms with van der Waals surface area (Å²) in [7, 11) is 0. The third kappa shape index (κ3) is 34.7. The van der Waals surface area contributed by atoms with Gasteiger partial charge in [0, 0.05) is 12.8 Å². The topological polar surface area (TPSA) is 72.8 Å². The Morgan fingerprint density at radius 1 is 0.500 bits per heavy atom. The molecule has 0 spiro atoms. The third-order valence-electron chi connectivity index (χ3n) is 8.10. The summed E-state index contributed by atoms with van der Waals surface area (Å²) in [5.74, 6) is -0.623. The molecule has 1 unspecified atom stereocenters. The Balaban J connectivity index is 3.62. The highest BCUT2D eigenvalue weighted by Gasteiger charge is 2.16. The van der Waals surface area contributed by atoms with Crippen LogP contribution in [0.1, 0.15) is 181 Å². The first kappa shape index (κ1) is 43.9. The van der Waals surface area contributed by atoms with Gasteiger partial charge in [-0.1, -0.05) is 140 Å². The zero-order valence-electron chi connectivity index (χ0n) is 30.1. The molecule has 1 N–H and O–H groups in total. The summed E-state index contributed by atoms with van der Waals surface area (Å²) in [5.41, 5.74) is 0. The van der Waals surface area contributed by atoms with E-state index in [2.05, 4.69) is 62.5 Å². The summed E-state index contributed by atoms with van der Waals surface area (Å²) in [5, 5.41) is 9.54. The van der Waals surface area contributed by atoms with Crippen molar-refractivity contribution in [1.29, 1.82) is 0 Å². The number of allylic oxidation sites excluding steroid dienone is 8. The van der Waals surface area contributed by atoms with Gasteiger partial charge in [0.15, 0.2) is 6.10 Å². The van der Waals surface area contributed by atoms with E-state index in [0.717, 1.165) is 64.2 Å². The largest absolute Gasteiger partial charge is 0.462 e. The fourth-order valence-electron chi connectivity index (χ4n) is 5.14. The number of aliphatic hydroxyl groups is 1. The average Bonchev–Trinajstić information content (AvgIpc) is 3.06. The van der Waals surface area contributed by atoms with Gasteiger partial charge in [-0.2, -0.15) is 0 Å². The molecule has 0 aliphatic rings. The van der Waals surface area contributed by atoms with Crippen LogP contribution < -0.4 is 0 Å². The van der Waals surface area contributed by atoms with Crippen molar-refractivity contribution in [2.75, 3.05) is 13.2 Å². The second-order valence-electron chi connectivity index (χ2n) is 12.6. The molecule has 266 valence electrons. The number of rotatable bonds is 34. The summed E-state index contributed by atoms with van der Waals surface area (Å²) in [6, 6.07) is 0. The fraction of sp³-hybridized carbons (Fsp3) is 0.756. The van der Waals surface area contributed by atoms with Crippen LogP contribution in [0.2, 0.25) is 0 Å². The van der Waals surface area contributed by atoms with Gasteiger partial charge in [-0.05, 0) is 77.0 Å². The number of carbonyl (C=O) groups is 2. The van der Waals surface area contributed by atoms with Crippen LogP contribution in [-0.2, 0) is 19.1 Å². The van der Waals surface area contributed by atoms with Gasteiger partial charge >= 0.3 is 11.9 Å². The molecule has 0 amide bonds. The Labute approximate surface area is 284 Å². The molecule has 0 aromatic rings. The molecular weight excluding hydrogens is 572 g/mol. The number of aliphatic hydroxyl groups excluding tert-OH is 1. The van der Waals surface area contributed by atoms with E-state index in [-0.39, 0.29) is 25.2 Å². The fourth-order valence-corrected chi connectivity index (χ4v) is 5.14. The molecule has 0 saturated heterocycles. The van der Waals surface area contributed by atoms with Gasteiger partial charge in [0.1, 0.15) is 6.61 Å².